The lowest BCUT2D eigenvalue weighted by molar-refractivity contribution is 0.663. The smallest absolute Gasteiger partial charge is 0.0562 e. The Morgan fingerprint density at radius 1 is 1.29 bits per heavy atom. The van der Waals surface area contributed by atoms with Gasteiger partial charge in [0.2, 0.25) is 0 Å². The Morgan fingerprint density at radius 3 is 3.00 bits per heavy atom. The number of nitrogens with zero attached hydrogens (tertiary/aromatic N) is 2. The topological polar surface area (TPSA) is 28.2 Å². The van der Waals surface area contributed by atoms with E-state index in [4.69, 9.17) is 0 Å². The lowest BCUT2D eigenvalue weighted by atomic mass is 10.1. The molecule has 3 nitrogen and oxygen atoms in total. The van der Waals surface area contributed by atoms with Gasteiger partial charge in [-0.3, -0.25) is 4.98 Å². The molecular weight excluding hydrogens is 258 g/mol. The van der Waals surface area contributed by atoms with Crippen molar-refractivity contribution in [2.24, 2.45) is 0 Å². The Morgan fingerprint density at radius 2 is 2.14 bits per heavy atom. The van der Waals surface area contributed by atoms with Crippen molar-refractivity contribution in [3.05, 3.63) is 53.9 Å². The van der Waals surface area contributed by atoms with Crippen molar-refractivity contribution in [2.75, 3.05) is 11.4 Å². The second kappa shape index (κ2) is 6.27. The second-order valence-electron chi connectivity index (χ2n) is 5.73. The minimum absolute atomic E-state index is 0.501. The molecule has 1 aliphatic heterocycles. The molecule has 2 heterocycles. The van der Waals surface area contributed by atoms with Crippen LogP contribution in [0.15, 0.2) is 42.6 Å². The number of rotatable bonds is 5. The maximum absolute atomic E-state index is 4.47. The first kappa shape index (κ1) is 14.1. The van der Waals surface area contributed by atoms with E-state index >= 15 is 0 Å². The molecule has 1 unspecified atom stereocenters. The van der Waals surface area contributed by atoms with Crippen LogP contribution in [0.1, 0.15) is 31.5 Å². The first-order valence-electron chi connectivity index (χ1n) is 7.82. The standard InChI is InChI=1S/C18H23N3/c1-3-9-19-13-16-12-17(8-10-20-16)21-14(2)11-15-6-4-5-7-18(15)21/h4-8,10,12,14,19H,3,9,11,13H2,1-2H3. The first-order valence-corrected chi connectivity index (χ1v) is 7.82. The molecular formula is C18H23N3. The van der Waals surface area contributed by atoms with E-state index in [1.165, 1.54) is 16.9 Å². The van der Waals surface area contributed by atoms with E-state index in [-0.39, 0.29) is 0 Å². The molecule has 2 aromatic rings. The van der Waals surface area contributed by atoms with Crippen LogP contribution in [0.25, 0.3) is 0 Å². The zero-order valence-electron chi connectivity index (χ0n) is 12.8. The van der Waals surface area contributed by atoms with Gasteiger partial charge in [-0.2, -0.15) is 0 Å². The van der Waals surface area contributed by atoms with E-state index in [1.807, 2.05) is 6.20 Å². The third kappa shape index (κ3) is 2.93. The number of hydrogen-bond acceptors (Lipinski definition) is 3. The van der Waals surface area contributed by atoms with Crippen LogP contribution in [-0.4, -0.2) is 17.6 Å². The summed E-state index contributed by atoms with van der Waals surface area (Å²) in [6.07, 6.45) is 4.18. The zero-order valence-corrected chi connectivity index (χ0v) is 12.8. The number of para-hydroxylation sites is 1. The summed E-state index contributed by atoms with van der Waals surface area (Å²) in [5.74, 6) is 0. The van der Waals surface area contributed by atoms with Crippen molar-refractivity contribution < 1.29 is 0 Å². The molecule has 0 saturated carbocycles. The number of nitrogens with one attached hydrogen (secondary N) is 1. The normalized spacial score (nSPS) is 17.0. The number of fused-ring (bicyclic) bond motifs is 1. The van der Waals surface area contributed by atoms with Gasteiger partial charge in [-0.25, -0.2) is 0 Å². The van der Waals surface area contributed by atoms with Gasteiger partial charge in [-0.1, -0.05) is 25.1 Å². The van der Waals surface area contributed by atoms with Crippen LogP contribution in [-0.2, 0) is 13.0 Å². The van der Waals surface area contributed by atoms with E-state index in [9.17, 15) is 0 Å². The minimum atomic E-state index is 0.501. The Kier molecular flexibility index (Phi) is 4.20. The summed E-state index contributed by atoms with van der Waals surface area (Å²) in [5.41, 5.74) is 5.13. The summed E-state index contributed by atoms with van der Waals surface area (Å²) in [7, 11) is 0. The van der Waals surface area contributed by atoms with Crippen molar-refractivity contribution in [1.29, 1.82) is 0 Å². The molecule has 0 aliphatic carbocycles. The predicted octanol–water partition coefficient (Wildman–Crippen LogP) is 3.66. The summed E-state index contributed by atoms with van der Waals surface area (Å²) in [5, 5.41) is 3.42. The highest BCUT2D eigenvalue weighted by Crippen LogP contribution is 2.37. The van der Waals surface area contributed by atoms with Crippen LogP contribution in [0.2, 0.25) is 0 Å². The summed E-state index contributed by atoms with van der Waals surface area (Å²) < 4.78 is 0. The lowest BCUT2D eigenvalue weighted by Crippen LogP contribution is -2.24. The van der Waals surface area contributed by atoms with Crippen molar-refractivity contribution in [1.82, 2.24) is 10.3 Å². The number of hydrogen-bond donors (Lipinski definition) is 1. The lowest BCUT2D eigenvalue weighted by Gasteiger charge is -2.25. The summed E-state index contributed by atoms with van der Waals surface area (Å²) in [6, 6.07) is 13.5. The summed E-state index contributed by atoms with van der Waals surface area (Å²) in [6.45, 7) is 6.34. The average molecular weight is 281 g/mol. The van der Waals surface area contributed by atoms with Gasteiger partial charge in [0.05, 0.1) is 5.69 Å². The largest absolute Gasteiger partial charge is 0.338 e. The molecule has 3 rings (SSSR count). The fourth-order valence-corrected chi connectivity index (χ4v) is 3.06. The fraction of sp³-hybridized carbons (Fsp3) is 0.389. The fourth-order valence-electron chi connectivity index (χ4n) is 3.06. The van der Waals surface area contributed by atoms with Crippen LogP contribution >= 0.6 is 0 Å². The van der Waals surface area contributed by atoms with Gasteiger partial charge in [-0.15, -0.1) is 0 Å². The maximum Gasteiger partial charge on any atom is 0.0562 e. The van der Waals surface area contributed by atoms with Crippen LogP contribution < -0.4 is 10.2 Å². The molecule has 1 aliphatic rings. The van der Waals surface area contributed by atoms with E-state index in [0.29, 0.717) is 6.04 Å². The third-order valence-electron chi connectivity index (χ3n) is 4.02. The molecule has 0 fully saturated rings. The van der Waals surface area contributed by atoms with Gasteiger partial charge in [0.15, 0.2) is 0 Å². The summed E-state index contributed by atoms with van der Waals surface area (Å²) >= 11 is 0. The van der Waals surface area contributed by atoms with E-state index in [0.717, 1.165) is 31.6 Å². The Hall–Kier alpha value is -1.87. The van der Waals surface area contributed by atoms with E-state index in [2.05, 4.69) is 65.4 Å². The predicted molar refractivity (Wildman–Crippen MR) is 88.0 cm³/mol. The zero-order chi connectivity index (χ0) is 14.7. The van der Waals surface area contributed by atoms with Gasteiger partial charge < -0.3 is 10.2 Å². The quantitative estimate of drug-likeness (QED) is 0.848. The van der Waals surface area contributed by atoms with Crippen LogP contribution in [0.5, 0.6) is 0 Å². The molecule has 0 bridgehead atoms. The Balaban J connectivity index is 1.85. The molecule has 3 heteroatoms. The van der Waals surface area contributed by atoms with E-state index in [1.54, 1.807) is 0 Å². The van der Waals surface area contributed by atoms with Crippen molar-refractivity contribution in [2.45, 2.75) is 39.3 Å². The molecule has 110 valence electrons. The number of pyridine rings is 1. The molecule has 0 saturated heterocycles. The van der Waals surface area contributed by atoms with Crippen molar-refractivity contribution in [3.8, 4) is 0 Å². The highest BCUT2D eigenvalue weighted by Gasteiger charge is 2.26. The molecule has 1 aromatic carbocycles. The molecule has 21 heavy (non-hydrogen) atoms. The highest BCUT2D eigenvalue weighted by molar-refractivity contribution is 5.70. The molecule has 0 spiro atoms. The summed E-state index contributed by atoms with van der Waals surface area (Å²) in [4.78, 5) is 6.91. The van der Waals surface area contributed by atoms with Gasteiger partial charge in [-0.05, 0) is 50.1 Å². The van der Waals surface area contributed by atoms with Gasteiger partial charge >= 0.3 is 0 Å². The van der Waals surface area contributed by atoms with Gasteiger partial charge in [0.1, 0.15) is 0 Å². The van der Waals surface area contributed by atoms with Crippen molar-refractivity contribution >= 4 is 11.4 Å². The first-order chi connectivity index (χ1) is 10.3. The SMILES string of the molecule is CCCNCc1cc(N2c3ccccc3CC2C)ccn1. The minimum Gasteiger partial charge on any atom is -0.338 e. The average Bonchev–Trinajstić information content (AvgIpc) is 2.83. The number of benzene rings is 1. The van der Waals surface area contributed by atoms with Crippen LogP contribution in [0.3, 0.4) is 0 Å². The number of anilines is 2. The maximum atomic E-state index is 4.47. The molecule has 1 atom stereocenters. The monoisotopic (exact) mass is 281 g/mol. The molecule has 0 radical (unpaired) electrons. The highest BCUT2D eigenvalue weighted by atomic mass is 15.2. The van der Waals surface area contributed by atoms with Gasteiger partial charge in [0, 0.05) is 30.2 Å². The van der Waals surface area contributed by atoms with Crippen LogP contribution in [0.4, 0.5) is 11.4 Å². The Bertz CT molecular complexity index is 609. The third-order valence-corrected chi connectivity index (χ3v) is 4.02. The molecule has 1 aromatic heterocycles. The molecule has 1 N–H and O–H groups in total. The van der Waals surface area contributed by atoms with Crippen LogP contribution in [0, 0.1) is 0 Å². The van der Waals surface area contributed by atoms with Gasteiger partial charge in [0.25, 0.3) is 0 Å². The Labute approximate surface area is 127 Å². The molecule has 0 amide bonds. The van der Waals surface area contributed by atoms with Crippen molar-refractivity contribution in [3.63, 3.8) is 0 Å². The van der Waals surface area contributed by atoms with E-state index < -0.39 is 0 Å². The number of aromatic nitrogens is 1. The second-order valence-corrected chi connectivity index (χ2v) is 5.73.